The largest absolute Gasteiger partial charge is 0.374 e. The van der Waals surface area contributed by atoms with Crippen molar-refractivity contribution in [2.24, 2.45) is 0 Å². The third kappa shape index (κ3) is 4.12. The molecular formula is C17H16N4OS2. The molecule has 3 rings (SSSR count). The van der Waals surface area contributed by atoms with Crippen LogP contribution in [-0.4, -0.2) is 16.1 Å². The Balaban J connectivity index is 1.83. The first-order valence-corrected chi connectivity index (χ1v) is 8.99. The number of hydrogen-bond donors (Lipinski definition) is 2. The fourth-order valence-electron chi connectivity index (χ4n) is 2.11. The standard InChI is InChI=1S/C17H16N4OS2/c1-11-7-9-13(10-8-11)19-15(22)14(12-5-3-2-4-6-12)23-17-21-20-16(18)24-17/h2-10,14H,1H3,(H2,18,20)(H,19,22)/t14-/m0/s1. The van der Waals surface area contributed by atoms with Gasteiger partial charge in [0.05, 0.1) is 0 Å². The number of benzene rings is 2. The van der Waals surface area contributed by atoms with Gasteiger partial charge in [-0.25, -0.2) is 0 Å². The van der Waals surface area contributed by atoms with Gasteiger partial charge in [-0.15, -0.1) is 10.2 Å². The summed E-state index contributed by atoms with van der Waals surface area (Å²) in [5.41, 5.74) is 8.45. The van der Waals surface area contributed by atoms with Crippen LogP contribution < -0.4 is 11.1 Å². The zero-order chi connectivity index (χ0) is 16.9. The highest BCUT2D eigenvalue weighted by molar-refractivity contribution is 8.02. The zero-order valence-corrected chi connectivity index (χ0v) is 14.6. The number of aromatic nitrogens is 2. The van der Waals surface area contributed by atoms with E-state index >= 15 is 0 Å². The number of carbonyl (C=O) groups excluding carboxylic acids is 1. The minimum Gasteiger partial charge on any atom is -0.374 e. The van der Waals surface area contributed by atoms with Crippen molar-refractivity contribution in [1.82, 2.24) is 10.2 Å². The zero-order valence-electron chi connectivity index (χ0n) is 13.0. The highest BCUT2D eigenvalue weighted by atomic mass is 32.2. The molecule has 0 radical (unpaired) electrons. The lowest BCUT2D eigenvalue weighted by Crippen LogP contribution is -2.19. The molecule has 0 fully saturated rings. The molecule has 1 amide bonds. The Bertz CT molecular complexity index is 818. The minimum atomic E-state index is -0.431. The lowest BCUT2D eigenvalue weighted by molar-refractivity contribution is -0.115. The number of nitrogens with one attached hydrogen (secondary N) is 1. The molecule has 1 aromatic heterocycles. The number of nitrogens with two attached hydrogens (primary N) is 1. The Kier molecular flexibility index (Phi) is 5.12. The summed E-state index contributed by atoms with van der Waals surface area (Å²) in [5.74, 6) is -0.108. The number of carbonyl (C=O) groups is 1. The first-order valence-electron chi connectivity index (χ1n) is 7.30. The molecule has 1 atom stereocenters. The average Bonchev–Trinajstić information content (AvgIpc) is 3.00. The topological polar surface area (TPSA) is 80.9 Å². The lowest BCUT2D eigenvalue weighted by Gasteiger charge is -2.15. The van der Waals surface area contributed by atoms with Crippen LogP contribution in [0, 0.1) is 6.92 Å². The number of nitrogen functional groups attached to an aromatic ring is 1. The van der Waals surface area contributed by atoms with E-state index in [4.69, 9.17) is 5.73 Å². The predicted octanol–water partition coefficient (Wildman–Crippen LogP) is 3.90. The molecule has 0 aliphatic rings. The summed E-state index contributed by atoms with van der Waals surface area (Å²) in [6.45, 7) is 2.01. The van der Waals surface area contributed by atoms with Gasteiger partial charge in [-0.05, 0) is 24.6 Å². The van der Waals surface area contributed by atoms with Crippen LogP contribution in [0.2, 0.25) is 0 Å². The molecule has 7 heteroatoms. The molecule has 0 spiro atoms. The monoisotopic (exact) mass is 356 g/mol. The third-order valence-corrected chi connectivity index (χ3v) is 5.39. The first-order chi connectivity index (χ1) is 11.6. The maximum absolute atomic E-state index is 12.8. The number of aryl methyl sites for hydroxylation is 1. The molecule has 5 nitrogen and oxygen atoms in total. The first kappa shape index (κ1) is 16.5. The Morgan fingerprint density at radius 3 is 2.46 bits per heavy atom. The Morgan fingerprint density at radius 2 is 1.83 bits per heavy atom. The van der Waals surface area contributed by atoms with Gasteiger partial charge in [0.1, 0.15) is 5.25 Å². The van der Waals surface area contributed by atoms with E-state index in [2.05, 4.69) is 15.5 Å². The summed E-state index contributed by atoms with van der Waals surface area (Å²) in [4.78, 5) is 12.8. The van der Waals surface area contributed by atoms with Gasteiger partial charge in [0.2, 0.25) is 11.0 Å². The van der Waals surface area contributed by atoms with E-state index in [0.29, 0.717) is 9.47 Å². The van der Waals surface area contributed by atoms with E-state index in [9.17, 15) is 4.79 Å². The molecule has 122 valence electrons. The van der Waals surface area contributed by atoms with Crippen molar-refractivity contribution < 1.29 is 4.79 Å². The van der Waals surface area contributed by atoms with Crippen LogP contribution in [0.4, 0.5) is 10.8 Å². The van der Waals surface area contributed by atoms with Crippen LogP contribution in [-0.2, 0) is 4.79 Å². The molecule has 0 aliphatic carbocycles. The fraction of sp³-hybridized carbons (Fsp3) is 0.118. The van der Waals surface area contributed by atoms with Crippen molar-refractivity contribution >= 4 is 39.8 Å². The second kappa shape index (κ2) is 7.46. The van der Waals surface area contributed by atoms with E-state index in [1.165, 1.54) is 23.1 Å². The van der Waals surface area contributed by atoms with Gasteiger partial charge in [-0.2, -0.15) is 0 Å². The van der Waals surface area contributed by atoms with E-state index in [-0.39, 0.29) is 5.91 Å². The van der Waals surface area contributed by atoms with Crippen LogP contribution in [0.1, 0.15) is 16.4 Å². The van der Waals surface area contributed by atoms with E-state index in [0.717, 1.165) is 16.8 Å². The van der Waals surface area contributed by atoms with Gasteiger partial charge in [0.25, 0.3) is 0 Å². The third-order valence-electron chi connectivity index (χ3n) is 3.30. The smallest absolute Gasteiger partial charge is 0.242 e. The number of rotatable bonds is 5. The predicted molar refractivity (Wildman–Crippen MR) is 99.2 cm³/mol. The molecule has 3 aromatic rings. The average molecular weight is 356 g/mol. The summed E-state index contributed by atoms with van der Waals surface area (Å²) in [6, 6.07) is 17.3. The molecular weight excluding hydrogens is 340 g/mol. The number of thioether (sulfide) groups is 1. The molecule has 0 aliphatic heterocycles. The van der Waals surface area contributed by atoms with Crippen LogP contribution in [0.15, 0.2) is 58.9 Å². The maximum atomic E-state index is 12.8. The van der Waals surface area contributed by atoms with Crippen molar-refractivity contribution in [3.63, 3.8) is 0 Å². The normalized spacial score (nSPS) is 11.9. The van der Waals surface area contributed by atoms with Gasteiger partial charge in [0, 0.05) is 5.69 Å². The van der Waals surface area contributed by atoms with Crippen molar-refractivity contribution in [3.8, 4) is 0 Å². The number of amides is 1. The molecule has 0 unspecified atom stereocenters. The van der Waals surface area contributed by atoms with Crippen molar-refractivity contribution in [3.05, 3.63) is 65.7 Å². The molecule has 1 heterocycles. The SMILES string of the molecule is Cc1ccc(NC(=O)[C@@H](Sc2nnc(N)s2)c2ccccc2)cc1. The van der Waals surface area contributed by atoms with Gasteiger partial charge < -0.3 is 11.1 Å². The van der Waals surface area contributed by atoms with Crippen LogP contribution in [0.3, 0.4) is 0 Å². The van der Waals surface area contributed by atoms with E-state index in [1.807, 2.05) is 61.5 Å². The summed E-state index contributed by atoms with van der Waals surface area (Å²) < 4.78 is 0.667. The summed E-state index contributed by atoms with van der Waals surface area (Å²) >= 11 is 2.62. The highest BCUT2D eigenvalue weighted by Gasteiger charge is 2.24. The lowest BCUT2D eigenvalue weighted by atomic mass is 10.1. The Hall–Kier alpha value is -2.38. The van der Waals surface area contributed by atoms with E-state index < -0.39 is 5.25 Å². The van der Waals surface area contributed by atoms with Crippen molar-refractivity contribution in [2.45, 2.75) is 16.5 Å². The van der Waals surface area contributed by atoms with Crippen molar-refractivity contribution in [2.75, 3.05) is 11.1 Å². The number of anilines is 2. The van der Waals surface area contributed by atoms with Crippen LogP contribution in [0.25, 0.3) is 0 Å². The van der Waals surface area contributed by atoms with Gasteiger partial charge in [-0.3, -0.25) is 4.79 Å². The summed E-state index contributed by atoms with van der Waals surface area (Å²) in [6.07, 6.45) is 0. The molecule has 24 heavy (non-hydrogen) atoms. The molecule has 2 aromatic carbocycles. The number of nitrogens with zero attached hydrogens (tertiary/aromatic N) is 2. The second-order valence-electron chi connectivity index (χ2n) is 5.17. The quantitative estimate of drug-likeness (QED) is 0.678. The van der Waals surface area contributed by atoms with Gasteiger partial charge in [0.15, 0.2) is 4.34 Å². The molecule has 0 saturated heterocycles. The molecule has 0 saturated carbocycles. The molecule has 3 N–H and O–H groups in total. The van der Waals surface area contributed by atoms with Gasteiger partial charge in [-0.1, -0.05) is 71.1 Å². The van der Waals surface area contributed by atoms with Gasteiger partial charge >= 0.3 is 0 Å². The van der Waals surface area contributed by atoms with Crippen LogP contribution >= 0.6 is 23.1 Å². The second-order valence-corrected chi connectivity index (χ2v) is 7.53. The molecule has 0 bridgehead atoms. The Morgan fingerprint density at radius 1 is 1.12 bits per heavy atom. The van der Waals surface area contributed by atoms with E-state index in [1.54, 1.807) is 0 Å². The minimum absolute atomic E-state index is 0.108. The van der Waals surface area contributed by atoms with Crippen molar-refractivity contribution in [1.29, 1.82) is 0 Å². The summed E-state index contributed by atoms with van der Waals surface area (Å²) in [7, 11) is 0. The fourth-order valence-corrected chi connectivity index (χ4v) is 3.94. The highest BCUT2D eigenvalue weighted by Crippen LogP contribution is 2.38. The maximum Gasteiger partial charge on any atom is 0.242 e. The summed E-state index contributed by atoms with van der Waals surface area (Å²) in [5, 5.41) is 10.7. The Labute approximate surface area is 148 Å². The number of hydrogen-bond acceptors (Lipinski definition) is 6. The van der Waals surface area contributed by atoms with Crippen LogP contribution in [0.5, 0.6) is 0 Å².